The van der Waals surface area contributed by atoms with E-state index in [0.717, 1.165) is 64.3 Å². The van der Waals surface area contributed by atoms with Crippen LogP contribution in [0.15, 0.2) is 12.7 Å². The first-order valence-electron chi connectivity index (χ1n) is 15.4. The first-order valence-corrected chi connectivity index (χ1v) is 15.4. The quantitative estimate of drug-likeness (QED) is 0.0703. The van der Waals surface area contributed by atoms with Gasteiger partial charge in [-0.1, -0.05) is 78.7 Å². The molecule has 0 bridgehead atoms. The summed E-state index contributed by atoms with van der Waals surface area (Å²) < 4.78 is 5.62. The number of esters is 1. The van der Waals surface area contributed by atoms with Gasteiger partial charge in [-0.2, -0.15) is 0 Å². The van der Waals surface area contributed by atoms with Crippen LogP contribution in [0.25, 0.3) is 0 Å². The van der Waals surface area contributed by atoms with E-state index in [4.69, 9.17) is 4.74 Å². The average molecular weight is 527 g/mol. The number of carbonyl (C=O) groups excluding carboxylic acids is 1. The molecule has 3 N–H and O–H groups in total. The predicted octanol–water partition coefficient (Wildman–Crippen LogP) is 6.24. The van der Waals surface area contributed by atoms with Gasteiger partial charge >= 0.3 is 5.97 Å². The molecule has 37 heavy (non-hydrogen) atoms. The highest BCUT2D eigenvalue weighted by atomic mass is 16.5. The molecule has 0 aromatic heterocycles. The zero-order valence-corrected chi connectivity index (χ0v) is 25.1. The topological polar surface area (TPSA) is 82.0 Å². The number of rotatable bonds is 26. The van der Waals surface area contributed by atoms with E-state index in [1.54, 1.807) is 0 Å². The number of aliphatic hydroxyl groups excluding tert-OH is 2. The van der Waals surface area contributed by atoms with Gasteiger partial charge in [0.25, 0.3) is 0 Å². The average Bonchev–Trinajstić information content (AvgIpc) is 2.89. The highest BCUT2D eigenvalue weighted by Crippen LogP contribution is 2.20. The van der Waals surface area contributed by atoms with Crippen molar-refractivity contribution >= 4 is 5.97 Å². The van der Waals surface area contributed by atoms with Gasteiger partial charge in [0.05, 0.1) is 12.2 Å². The van der Waals surface area contributed by atoms with Crippen molar-refractivity contribution in [3.63, 3.8) is 0 Å². The molecule has 5 atom stereocenters. The van der Waals surface area contributed by atoms with Crippen molar-refractivity contribution in [3.8, 4) is 0 Å². The van der Waals surface area contributed by atoms with Crippen LogP contribution in [0.5, 0.6) is 0 Å². The Bertz CT molecular complexity index is 545. The normalized spacial score (nSPS) is 15.8. The Morgan fingerprint density at radius 2 is 1.51 bits per heavy atom. The molecular formula is C31H62N2O4. The number of nitrogens with one attached hydrogen (secondary N) is 1. The predicted molar refractivity (Wildman–Crippen MR) is 157 cm³/mol. The van der Waals surface area contributed by atoms with Crippen molar-refractivity contribution in [1.29, 1.82) is 0 Å². The molecule has 0 amide bonds. The molecular weight excluding hydrogens is 464 g/mol. The van der Waals surface area contributed by atoms with Crippen molar-refractivity contribution in [2.24, 2.45) is 5.92 Å². The van der Waals surface area contributed by atoms with Gasteiger partial charge in [-0.15, -0.1) is 6.58 Å². The number of unbranched alkanes of at least 4 members (excludes halogenated alkanes) is 3. The van der Waals surface area contributed by atoms with Crippen LogP contribution in [0, 0.1) is 5.92 Å². The largest absolute Gasteiger partial charge is 0.462 e. The van der Waals surface area contributed by atoms with Crippen molar-refractivity contribution in [2.75, 3.05) is 26.7 Å². The summed E-state index contributed by atoms with van der Waals surface area (Å²) in [4.78, 5) is 14.5. The van der Waals surface area contributed by atoms with Crippen LogP contribution in [-0.2, 0) is 9.53 Å². The highest BCUT2D eigenvalue weighted by Gasteiger charge is 2.19. The fourth-order valence-electron chi connectivity index (χ4n) is 4.90. The molecule has 5 unspecified atom stereocenters. The number of nitrogens with zero attached hydrogens (tertiary/aromatic N) is 1. The molecule has 220 valence electrons. The second-order valence-corrected chi connectivity index (χ2v) is 10.9. The number of ether oxygens (including phenoxy) is 1. The second-order valence-electron chi connectivity index (χ2n) is 10.9. The lowest BCUT2D eigenvalue weighted by Gasteiger charge is -2.28. The molecule has 0 aromatic rings. The summed E-state index contributed by atoms with van der Waals surface area (Å²) in [6.07, 6.45) is 15.3. The lowest BCUT2D eigenvalue weighted by Crippen LogP contribution is -2.39. The van der Waals surface area contributed by atoms with Crippen molar-refractivity contribution in [1.82, 2.24) is 10.2 Å². The SMILES string of the molecule is C=CC(CCCCN(CC(O)CCC(=O)OC(CC)CCCC)CC(O)CCC(CC)CCCC)NC. The third-order valence-corrected chi connectivity index (χ3v) is 7.60. The van der Waals surface area contributed by atoms with E-state index in [1.165, 1.54) is 25.7 Å². The molecule has 0 aliphatic carbocycles. The maximum absolute atomic E-state index is 12.3. The Labute approximate surface area is 229 Å². The third kappa shape index (κ3) is 19.7. The lowest BCUT2D eigenvalue weighted by molar-refractivity contribution is -0.150. The molecule has 0 rings (SSSR count). The molecule has 0 fully saturated rings. The van der Waals surface area contributed by atoms with Gasteiger partial charge in [0, 0.05) is 25.6 Å². The number of carbonyl (C=O) groups is 1. The number of likely N-dealkylation sites (N-methyl/N-ethyl adjacent to an activating group) is 1. The Balaban J connectivity index is 4.76. The lowest BCUT2D eigenvalue weighted by atomic mass is 9.93. The summed E-state index contributed by atoms with van der Waals surface area (Å²) in [6, 6.07) is 0.314. The van der Waals surface area contributed by atoms with Crippen LogP contribution in [0.4, 0.5) is 0 Å². The van der Waals surface area contributed by atoms with Crippen LogP contribution in [0.1, 0.15) is 124 Å². The summed E-state index contributed by atoms with van der Waals surface area (Å²) in [5.74, 6) is 0.468. The van der Waals surface area contributed by atoms with E-state index in [-0.39, 0.29) is 18.5 Å². The first kappa shape index (κ1) is 36.0. The molecule has 0 heterocycles. The van der Waals surface area contributed by atoms with Gasteiger partial charge in [-0.25, -0.2) is 0 Å². The minimum Gasteiger partial charge on any atom is -0.462 e. The Morgan fingerprint density at radius 3 is 2.08 bits per heavy atom. The van der Waals surface area contributed by atoms with Crippen LogP contribution >= 0.6 is 0 Å². The van der Waals surface area contributed by atoms with Gasteiger partial charge < -0.3 is 20.3 Å². The first-order chi connectivity index (χ1) is 17.8. The summed E-state index contributed by atoms with van der Waals surface area (Å²) in [7, 11) is 1.95. The van der Waals surface area contributed by atoms with Crippen LogP contribution in [0.3, 0.4) is 0 Å². The Kier molecular flexibility index (Phi) is 23.5. The maximum Gasteiger partial charge on any atom is 0.306 e. The monoisotopic (exact) mass is 526 g/mol. The van der Waals surface area contributed by atoms with Crippen LogP contribution in [-0.4, -0.2) is 72.1 Å². The van der Waals surface area contributed by atoms with Crippen LogP contribution < -0.4 is 5.32 Å². The summed E-state index contributed by atoms with van der Waals surface area (Å²) >= 11 is 0. The molecule has 0 aliphatic heterocycles. The van der Waals surface area contributed by atoms with Crippen LogP contribution in [0.2, 0.25) is 0 Å². The van der Waals surface area contributed by atoms with E-state index in [2.05, 4.69) is 37.6 Å². The number of aliphatic hydroxyl groups is 2. The third-order valence-electron chi connectivity index (χ3n) is 7.60. The zero-order valence-electron chi connectivity index (χ0n) is 25.1. The molecule has 0 saturated heterocycles. The van der Waals surface area contributed by atoms with E-state index in [0.29, 0.717) is 31.5 Å². The molecule has 6 nitrogen and oxygen atoms in total. The highest BCUT2D eigenvalue weighted by molar-refractivity contribution is 5.69. The van der Waals surface area contributed by atoms with Gasteiger partial charge in [-0.3, -0.25) is 9.69 Å². The van der Waals surface area contributed by atoms with Crippen molar-refractivity contribution in [3.05, 3.63) is 12.7 Å². The standard InChI is InChI=1S/C31H62N2O4/c1-7-12-16-26(9-3)19-20-28(34)24-33(23-15-14-17-27(10-4)32-6)25-29(35)21-22-31(36)37-30(11-5)18-13-8-2/h10,26-30,32,34-35H,4,7-9,11-25H2,1-3,5-6H3. The Morgan fingerprint density at radius 1 is 0.865 bits per heavy atom. The van der Waals surface area contributed by atoms with Gasteiger partial charge in [-0.05, 0) is 64.5 Å². The summed E-state index contributed by atoms with van der Waals surface area (Å²) in [5, 5.41) is 24.8. The van der Waals surface area contributed by atoms with Gasteiger partial charge in [0.1, 0.15) is 6.10 Å². The molecule has 0 radical (unpaired) electrons. The molecule has 0 aromatic carbocycles. The fourth-order valence-corrected chi connectivity index (χ4v) is 4.90. The minimum atomic E-state index is -0.610. The smallest absolute Gasteiger partial charge is 0.306 e. The second kappa shape index (κ2) is 24.1. The van der Waals surface area contributed by atoms with Gasteiger partial charge in [0.15, 0.2) is 0 Å². The van der Waals surface area contributed by atoms with E-state index < -0.39 is 12.2 Å². The van der Waals surface area contributed by atoms with E-state index >= 15 is 0 Å². The Hall–Kier alpha value is -0.950. The van der Waals surface area contributed by atoms with Crippen molar-refractivity contribution in [2.45, 2.75) is 148 Å². The summed E-state index contributed by atoms with van der Waals surface area (Å²) in [5.41, 5.74) is 0. The molecule has 6 heteroatoms. The number of hydrogen-bond acceptors (Lipinski definition) is 6. The molecule has 0 spiro atoms. The fraction of sp³-hybridized carbons (Fsp3) is 0.903. The van der Waals surface area contributed by atoms with E-state index in [9.17, 15) is 15.0 Å². The van der Waals surface area contributed by atoms with Crippen molar-refractivity contribution < 1.29 is 19.7 Å². The van der Waals surface area contributed by atoms with Gasteiger partial charge in [0.2, 0.25) is 0 Å². The summed E-state index contributed by atoms with van der Waals surface area (Å²) in [6.45, 7) is 14.4. The minimum absolute atomic E-state index is 0.0162. The maximum atomic E-state index is 12.3. The molecule has 0 saturated carbocycles. The zero-order chi connectivity index (χ0) is 27.9. The number of hydrogen-bond donors (Lipinski definition) is 3. The molecule has 0 aliphatic rings. The van der Waals surface area contributed by atoms with E-state index in [1.807, 2.05) is 20.0 Å².